The number of amides is 1. The first-order chi connectivity index (χ1) is 8.45. The second-order valence-electron chi connectivity index (χ2n) is 4.81. The third kappa shape index (κ3) is 3.84. The quantitative estimate of drug-likeness (QED) is 0.838. The molecule has 1 aromatic rings. The Morgan fingerprint density at radius 3 is 2.61 bits per heavy atom. The monoisotopic (exact) mass is 252 g/mol. The van der Waals surface area contributed by atoms with Gasteiger partial charge >= 0.3 is 0 Å². The Hall–Kier alpha value is -1.36. The van der Waals surface area contributed by atoms with Crippen LogP contribution in [-0.4, -0.2) is 40.7 Å². The lowest BCUT2D eigenvalue weighted by Gasteiger charge is -2.15. The predicted molar refractivity (Wildman–Crippen MR) is 73.7 cm³/mol. The first-order valence-corrected chi connectivity index (χ1v) is 6.44. The number of aryl methyl sites for hydroxylation is 2. The van der Waals surface area contributed by atoms with E-state index in [0.717, 1.165) is 36.5 Å². The number of carbonyl (C=O) groups is 1. The van der Waals surface area contributed by atoms with Crippen LogP contribution in [0.1, 0.15) is 31.2 Å². The molecule has 1 N–H and O–H groups in total. The molecule has 1 amide bonds. The Bertz CT molecular complexity index is 411. The molecule has 5 nitrogen and oxygen atoms in total. The van der Waals surface area contributed by atoms with Gasteiger partial charge in [0.25, 0.3) is 0 Å². The van der Waals surface area contributed by atoms with Gasteiger partial charge in [0.15, 0.2) is 0 Å². The average Bonchev–Trinajstić information content (AvgIpc) is 2.53. The molecule has 0 fully saturated rings. The van der Waals surface area contributed by atoms with Crippen LogP contribution in [0.25, 0.3) is 0 Å². The van der Waals surface area contributed by atoms with Gasteiger partial charge in [-0.05, 0) is 33.9 Å². The molecule has 0 spiro atoms. The molecule has 1 aromatic heterocycles. The zero-order valence-electron chi connectivity index (χ0n) is 12.1. The number of nitrogens with one attached hydrogen (secondary N) is 1. The minimum atomic E-state index is 0.0211. The van der Waals surface area contributed by atoms with E-state index in [1.165, 1.54) is 0 Å². The van der Waals surface area contributed by atoms with E-state index in [4.69, 9.17) is 0 Å². The lowest BCUT2D eigenvalue weighted by molar-refractivity contribution is -0.117. The van der Waals surface area contributed by atoms with Crippen LogP contribution in [0.5, 0.6) is 0 Å². The van der Waals surface area contributed by atoms with Crippen molar-refractivity contribution in [3.8, 4) is 0 Å². The van der Waals surface area contributed by atoms with Gasteiger partial charge in [-0.25, -0.2) is 0 Å². The molecule has 0 aliphatic rings. The molecule has 18 heavy (non-hydrogen) atoms. The van der Waals surface area contributed by atoms with Crippen molar-refractivity contribution in [2.24, 2.45) is 7.05 Å². The molecular weight excluding hydrogens is 228 g/mol. The van der Waals surface area contributed by atoms with E-state index in [0.29, 0.717) is 6.54 Å². The Kier molecular flexibility index (Phi) is 5.34. The van der Waals surface area contributed by atoms with E-state index < -0.39 is 0 Å². The molecular formula is C13H24N4O. The Morgan fingerprint density at radius 1 is 1.44 bits per heavy atom. The number of carbonyl (C=O) groups excluding carboxylic acids is 1. The van der Waals surface area contributed by atoms with Gasteiger partial charge in [-0.2, -0.15) is 5.10 Å². The van der Waals surface area contributed by atoms with Crippen LogP contribution in [0.15, 0.2) is 0 Å². The Balaban J connectivity index is 2.54. The summed E-state index contributed by atoms with van der Waals surface area (Å²) in [5.41, 5.74) is 2.68. The zero-order chi connectivity index (χ0) is 13.7. The topological polar surface area (TPSA) is 50.2 Å². The highest BCUT2D eigenvalue weighted by atomic mass is 16.2. The molecule has 0 saturated heterocycles. The summed E-state index contributed by atoms with van der Waals surface area (Å²) < 4.78 is 1.78. The van der Waals surface area contributed by atoms with Crippen LogP contribution in [-0.2, 0) is 11.8 Å². The number of unbranched alkanes of at least 4 members (excludes halogenated alkanes) is 1. The van der Waals surface area contributed by atoms with E-state index in [9.17, 15) is 4.79 Å². The molecule has 0 atom stereocenters. The highest BCUT2D eigenvalue weighted by Gasteiger charge is 2.13. The average molecular weight is 252 g/mol. The molecule has 0 unspecified atom stereocenters. The number of aromatic nitrogens is 2. The van der Waals surface area contributed by atoms with Crippen LogP contribution < -0.4 is 5.32 Å². The van der Waals surface area contributed by atoms with Crippen molar-refractivity contribution in [3.63, 3.8) is 0 Å². The van der Waals surface area contributed by atoms with E-state index in [-0.39, 0.29) is 5.91 Å². The summed E-state index contributed by atoms with van der Waals surface area (Å²) in [5, 5.41) is 7.22. The number of rotatable bonds is 6. The summed E-state index contributed by atoms with van der Waals surface area (Å²) in [6, 6.07) is 0. The van der Waals surface area contributed by atoms with Gasteiger partial charge in [-0.1, -0.05) is 13.3 Å². The minimum Gasteiger partial charge on any atom is -0.322 e. The van der Waals surface area contributed by atoms with Gasteiger partial charge < -0.3 is 5.32 Å². The molecule has 0 bridgehead atoms. The first-order valence-electron chi connectivity index (χ1n) is 6.44. The summed E-state index contributed by atoms with van der Waals surface area (Å²) in [4.78, 5) is 14.0. The Morgan fingerprint density at radius 2 is 2.11 bits per heavy atom. The van der Waals surface area contributed by atoms with Crippen LogP contribution in [0.2, 0.25) is 0 Å². The molecule has 0 saturated carbocycles. The van der Waals surface area contributed by atoms with Gasteiger partial charge in [0.1, 0.15) is 0 Å². The van der Waals surface area contributed by atoms with Crippen molar-refractivity contribution >= 4 is 11.6 Å². The zero-order valence-corrected chi connectivity index (χ0v) is 12.1. The summed E-state index contributed by atoms with van der Waals surface area (Å²) in [5.74, 6) is 0.0211. The van der Waals surface area contributed by atoms with Crippen LogP contribution >= 0.6 is 0 Å². The van der Waals surface area contributed by atoms with Crippen molar-refractivity contribution in [3.05, 3.63) is 11.4 Å². The molecule has 1 rings (SSSR count). The third-order valence-electron chi connectivity index (χ3n) is 3.08. The van der Waals surface area contributed by atoms with Crippen LogP contribution in [0.4, 0.5) is 5.69 Å². The summed E-state index contributed by atoms with van der Waals surface area (Å²) in [6.07, 6.45) is 2.27. The fraction of sp³-hybridized carbons (Fsp3) is 0.692. The molecule has 5 heteroatoms. The van der Waals surface area contributed by atoms with Gasteiger partial charge in [0, 0.05) is 7.05 Å². The minimum absolute atomic E-state index is 0.0211. The van der Waals surface area contributed by atoms with Crippen LogP contribution in [0, 0.1) is 13.8 Å². The van der Waals surface area contributed by atoms with Crippen molar-refractivity contribution < 1.29 is 4.79 Å². The maximum absolute atomic E-state index is 11.9. The third-order valence-corrected chi connectivity index (χ3v) is 3.08. The lowest BCUT2D eigenvalue weighted by Crippen LogP contribution is -2.31. The molecule has 0 aliphatic heterocycles. The second-order valence-corrected chi connectivity index (χ2v) is 4.81. The molecule has 0 aromatic carbocycles. The SMILES string of the molecule is CCCCN(C)CC(=O)Nc1c(C)nn(C)c1C. The number of hydrogen-bond acceptors (Lipinski definition) is 3. The molecule has 0 aliphatic carbocycles. The summed E-state index contributed by atoms with van der Waals surface area (Å²) in [7, 11) is 3.85. The maximum Gasteiger partial charge on any atom is 0.238 e. The maximum atomic E-state index is 11.9. The smallest absolute Gasteiger partial charge is 0.238 e. The normalized spacial score (nSPS) is 11.0. The van der Waals surface area contributed by atoms with Gasteiger partial charge in [0.2, 0.25) is 5.91 Å². The second kappa shape index (κ2) is 6.54. The van der Waals surface area contributed by atoms with Gasteiger partial charge in [0.05, 0.1) is 23.6 Å². The molecule has 102 valence electrons. The summed E-state index contributed by atoms with van der Waals surface area (Å²) in [6.45, 7) is 7.39. The van der Waals surface area contributed by atoms with Gasteiger partial charge in [-0.15, -0.1) is 0 Å². The van der Waals surface area contributed by atoms with Crippen molar-refractivity contribution in [1.29, 1.82) is 0 Å². The van der Waals surface area contributed by atoms with Crippen LogP contribution in [0.3, 0.4) is 0 Å². The van der Waals surface area contributed by atoms with E-state index in [1.807, 2.05) is 32.8 Å². The molecule has 1 heterocycles. The fourth-order valence-corrected chi connectivity index (χ4v) is 1.89. The highest BCUT2D eigenvalue weighted by Crippen LogP contribution is 2.17. The summed E-state index contributed by atoms with van der Waals surface area (Å²) >= 11 is 0. The standard InChI is InChI=1S/C13H24N4O/c1-6-7-8-16(4)9-12(18)14-13-10(2)15-17(5)11(13)3/h6-9H2,1-5H3,(H,14,18). The van der Waals surface area contributed by atoms with E-state index in [2.05, 4.69) is 17.3 Å². The largest absolute Gasteiger partial charge is 0.322 e. The number of likely N-dealkylation sites (N-methyl/N-ethyl adjacent to an activating group) is 1. The molecule has 0 radical (unpaired) electrons. The van der Waals surface area contributed by atoms with Crippen molar-refractivity contribution in [1.82, 2.24) is 14.7 Å². The van der Waals surface area contributed by atoms with Gasteiger partial charge in [-0.3, -0.25) is 14.4 Å². The fourth-order valence-electron chi connectivity index (χ4n) is 1.89. The number of nitrogens with zero attached hydrogens (tertiary/aromatic N) is 3. The lowest BCUT2D eigenvalue weighted by atomic mass is 10.3. The Labute approximate surface area is 109 Å². The first kappa shape index (κ1) is 14.7. The number of anilines is 1. The highest BCUT2D eigenvalue weighted by molar-refractivity contribution is 5.93. The number of hydrogen-bond donors (Lipinski definition) is 1. The van der Waals surface area contributed by atoms with Crippen molar-refractivity contribution in [2.45, 2.75) is 33.6 Å². The predicted octanol–water partition coefficient (Wildman–Crippen LogP) is 1.71. The van der Waals surface area contributed by atoms with E-state index in [1.54, 1.807) is 4.68 Å². The van der Waals surface area contributed by atoms with Crippen molar-refractivity contribution in [2.75, 3.05) is 25.5 Å². The van der Waals surface area contributed by atoms with E-state index >= 15 is 0 Å².